The molecule has 0 aliphatic heterocycles. The van der Waals surface area contributed by atoms with Crippen LogP contribution in [0.25, 0.3) is 0 Å². The van der Waals surface area contributed by atoms with Gasteiger partial charge in [0.15, 0.2) is 0 Å². The van der Waals surface area contributed by atoms with Crippen molar-refractivity contribution in [2.24, 2.45) is 5.92 Å². The van der Waals surface area contributed by atoms with E-state index in [0.29, 0.717) is 12.5 Å². The summed E-state index contributed by atoms with van der Waals surface area (Å²) in [5, 5.41) is 16.2. The van der Waals surface area contributed by atoms with Crippen molar-refractivity contribution in [3.05, 3.63) is 16.3 Å². The maximum absolute atomic E-state index is 11.8. The van der Waals surface area contributed by atoms with Gasteiger partial charge in [-0.25, -0.2) is 4.98 Å². The van der Waals surface area contributed by atoms with Crippen molar-refractivity contribution in [1.82, 2.24) is 15.3 Å². The SMILES string of the molecule is CC(C)CNC(=O)C(C)Nc1nc(N)ncc1[N+](=O)[O-]. The summed E-state index contributed by atoms with van der Waals surface area (Å²) in [6.45, 7) is 6.04. The first-order chi connectivity index (χ1) is 9.31. The van der Waals surface area contributed by atoms with Gasteiger partial charge in [0.2, 0.25) is 17.7 Å². The van der Waals surface area contributed by atoms with Crippen molar-refractivity contribution in [3.63, 3.8) is 0 Å². The highest BCUT2D eigenvalue weighted by molar-refractivity contribution is 5.84. The molecule has 110 valence electrons. The van der Waals surface area contributed by atoms with E-state index in [1.165, 1.54) is 0 Å². The molecule has 4 N–H and O–H groups in total. The number of amides is 1. The van der Waals surface area contributed by atoms with Crippen LogP contribution in [-0.4, -0.2) is 33.4 Å². The van der Waals surface area contributed by atoms with Crippen molar-refractivity contribution < 1.29 is 9.72 Å². The molecule has 0 bridgehead atoms. The summed E-state index contributed by atoms with van der Waals surface area (Å²) >= 11 is 0. The molecule has 0 aliphatic carbocycles. The molecule has 1 amide bonds. The van der Waals surface area contributed by atoms with Crippen LogP contribution >= 0.6 is 0 Å². The Hall–Kier alpha value is -2.45. The summed E-state index contributed by atoms with van der Waals surface area (Å²) in [4.78, 5) is 29.3. The zero-order chi connectivity index (χ0) is 15.3. The van der Waals surface area contributed by atoms with E-state index < -0.39 is 11.0 Å². The lowest BCUT2D eigenvalue weighted by Crippen LogP contribution is -2.39. The second-order valence-electron chi connectivity index (χ2n) is 4.72. The van der Waals surface area contributed by atoms with Crippen LogP contribution in [0.1, 0.15) is 20.8 Å². The number of nitrogen functional groups attached to an aromatic ring is 1. The molecule has 0 spiro atoms. The van der Waals surface area contributed by atoms with E-state index in [0.717, 1.165) is 6.20 Å². The van der Waals surface area contributed by atoms with Crippen molar-refractivity contribution in [1.29, 1.82) is 0 Å². The molecule has 1 rings (SSSR count). The second-order valence-corrected chi connectivity index (χ2v) is 4.72. The van der Waals surface area contributed by atoms with E-state index in [2.05, 4.69) is 20.6 Å². The van der Waals surface area contributed by atoms with Gasteiger partial charge < -0.3 is 16.4 Å². The third-order valence-corrected chi connectivity index (χ3v) is 2.42. The van der Waals surface area contributed by atoms with Gasteiger partial charge in [-0.05, 0) is 12.8 Å². The summed E-state index contributed by atoms with van der Waals surface area (Å²) in [5.74, 6) is -0.136. The summed E-state index contributed by atoms with van der Waals surface area (Å²) in [6.07, 6.45) is 1.00. The smallest absolute Gasteiger partial charge is 0.329 e. The Balaban J connectivity index is 2.79. The number of nitro groups is 1. The van der Waals surface area contributed by atoms with Crippen molar-refractivity contribution >= 4 is 23.4 Å². The maximum Gasteiger partial charge on any atom is 0.329 e. The Kier molecular flexibility index (Phi) is 5.18. The van der Waals surface area contributed by atoms with Crippen molar-refractivity contribution in [3.8, 4) is 0 Å². The van der Waals surface area contributed by atoms with Crippen LogP contribution in [0.15, 0.2) is 6.20 Å². The standard InChI is InChI=1S/C11H18N6O3/c1-6(2)4-13-10(18)7(3)15-9-8(17(19)20)5-14-11(12)16-9/h5-7H,4H2,1-3H3,(H,13,18)(H3,12,14,15,16). The number of anilines is 2. The third kappa shape index (κ3) is 4.34. The molecule has 9 heteroatoms. The Bertz CT molecular complexity index is 505. The van der Waals surface area contributed by atoms with Crippen molar-refractivity contribution in [2.75, 3.05) is 17.6 Å². The van der Waals surface area contributed by atoms with Gasteiger partial charge in [-0.15, -0.1) is 0 Å². The molecule has 1 aromatic rings. The summed E-state index contributed by atoms with van der Waals surface area (Å²) in [6, 6.07) is -0.679. The van der Waals surface area contributed by atoms with Crippen LogP contribution in [0.3, 0.4) is 0 Å². The lowest BCUT2D eigenvalue weighted by atomic mass is 10.2. The minimum absolute atomic E-state index is 0.0744. The number of carbonyl (C=O) groups is 1. The fourth-order valence-electron chi connectivity index (χ4n) is 1.36. The molecule has 0 saturated heterocycles. The molecular weight excluding hydrogens is 264 g/mol. The predicted molar refractivity (Wildman–Crippen MR) is 74.0 cm³/mol. The Labute approximate surface area is 116 Å². The van der Waals surface area contributed by atoms with E-state index in [1.54, 1.807) is 6.92 Å². The number of nitrogens with two attached hydrogens (primary N) is 1. The zero-order valence-corrected chi connectivity index (χ0v) is 11.6. The maximum atomic E-state index is 11.8. The number of carbonyl (C=O) groups excluding carboxylic acids is 1. The topological polar surface area (TPSA) is 136 Å². The molecule has 0 aliphatic rings. The Morgan fingerprint density at radius 2 is 2.15 bits per heavy atom. The van der Waals surface area contributed by atoms with Gasteiger partial charge in [-0.1, -0.05) is 13.8 Å². The van der Waals surface area contributed by atoms with Crippen LogP contribution in [0.4, 0.5) is 17.5 Å². The van der Waals surface area contributed by atoms with Crippen LogP contribution in [-0.2, 0) is 4.79 Å². The van der Waals surface area contributed by atoms with Crippen LogP contribution < -0.4 is 16.4 Å². The molecule has 1 atom stereocenters. The minimum Gasteiger partial charge on any atom is -0.368 e. The lowest BCUT2D eigenvalue weighted by Gasteiger charge is -2.15. The molecule has 0 saturated carbocycles. The number of hydrogen-bond donors (Lipinski definition) is 3. The number of nitrogens with one attached hydrogen (secondary N) is 2. The fourth-order valence-corrected chi connectivity index (χ4v) is 1.36. The minimum atomic E-state index is -0.679. The van der Waals surface area contributed by atoms with E-state index in [-0.39, 0.29) is 23.4 Å². The van der Waals surface area contributed by atoms with E-state index in [1.807, 2.05) is 13.8 Å². The molecular formula is C11H18N6O3. The molecule has 1 aromatic heterocycles. The monoisotopic (exact) mass is 282 g/mol. The van der Waals surface area contributed by atoms with Gasteiger partial charge in [0.05, 0.1) is 4.92 Å². The average molecular weight is 282 g/mol. The molecule has 0 fully saturated rings. The van der Waals surface area contributed by atoms with Crippen LogP contribution in [0.2, 0.25) is 0 Å². The first kappa shape index (κ1) is 15.6. The quantitative estimate of drug-likeness (QED) is 0.511. The first-order valence-corrected chi connectivity index (χ1v) is 6.12. The van der Waals surface area contributed by atoms with E-state index in [9.17, 15) is 14.9 Å². The van der Waals surface area contributed by atoms with Gasteiger partial charge in [0.25, 0.3) is 0 Å². The predicted octanol–water partition coefficient (Wildman–Crippen LogP) is 0.540. The molecule has 1 unspecified atom stereocenters. The highest BCUT2D eigenvalue weighted by Crippen LogP contribution is 2.21. The molecule has 0 aromatic carbocycles. The number of aromatic nitrogens is 2. The first-order valence-electron chi connectivity index (χ1n) is 6.12. The zero-order valence-electron chi connectivity index (χ0n) is 11.6. The van der Waals surface area contributed by atoms with Gasteiger partial charge in [-0.2, -0.15) is 4.98 Å². The van der Waals surface area contributed by atoms with Gasteiger partial charge in [-0.3, -0.25) is 14.9 Å². The lowest BCUT2D eigenvalue weighted by molar-refractivity contribution is -0.384. The molecule has 1 heterocycles. The highest BCUT2D eigenvalue weighted by atomic mass is 16.6. The highest BCUT2D eigenvalue weighted by Gasteiger charge is 2.21. The Morgan fingerprint density at radius 3 is 2.70 bits per heavy atom. The van der Waals surface area contributed by atoms with Gasteiger partial charge >= 0.3 is 5.69 Å². The molecule has 9 nitrogen and oxygen atoms in total. The van der Waals surface area contributed by atoms with Crippen molar-refractivity contribution in [2.45, 2.75) is 26.8 Å². The van der Waals surface area contributed by atoms with E-state index in [4.69, 9.17) is 5.73 Å². The molecule has 20 heavy (non-hydrogen) atoms. The van der Waals surface area contributed by atoms with E-state index >= 15 is 0 Å². The van der Waals surface area contributed by atoms with Crippen LogP contribution in [0, 0.1) is 16.0 Å². The number of nitrogens with zero attached hydrogens (tertiary/aromatic N) is 3. The van der Waals surface area contributed by atoms with Crippen LogP contribution in [0.5, 0.6) is 0 Å². The molecule has 0 radical (unpaired) electrons. The fraction of sp³-hybridized carbons (Fsp3) is 0.545. The Morgan fingerprint density at radius 1 is 1.50 bits per heavy atom. The third-order valence-electron chi connectivity index (χ3n) is 2.42. The average Bonchev–Trinajstić information content (AvgIpc) is 2.35. The summed E-state index contributed by atoms with van der Waals surface area (Å²) < 4.78 is 0. The summed E-state index contributed by atoms with van der Waals surface area (Å²) in [7, 11) is 0. The summed E-state index contributed by atoms with van der Waals surface area (Å²) in [5.41, 5.74) is 5.06. The number of rotatable bonds is 6. The second kappa shape index (κ2) is 6.64. The van der Waals surface area contributed by atoms with Gasteiger partial charge in [0, 0.05) is 6.54 Å². The normalized spacial score (nSPS) is 12.0. The largest absolute Gasteiger partial charge is 0.368 e. The van der Waals surface area contributed by atoms with Gasteiger partial charge in [0.1, 0.15) is 12.2 Å². The number of hydrogen-bond acceptors (Lipinski definition) is 7.